The van der Waals surface area contributed by atoms with E-state index in [1.807, 2.05) is 19.1 Å². The maximum absolute atomic E-state index is 12.5. The molecule has 0 spiro atoms. The molecule has 8 heteroatoms. The number of hydrogen-bond donors (Lipinski definition) is 3. The van der Waals surface area contributed by atoms with E-state index in [1.165, 1.54) is 0 Å². The molecule has 0 bridgehead atoms. The number of primary amides is 1. The van der Waals surface area contributed by atoms with Crippen LogP contribution in [0.15, 0.2) is 18.3 Å². The number of hydrogen-bond acceptors (Lipinski definition) is 5. The van der Waals surface area contributed by atoms with E-state index in [9.17, 15) is 9.59 Å². The molecule has 0 saturated carbocycles. The summed E-state index contributed by atoms with van der Waals surface area (Å²) < 4.78 is 0. The van der Waals surface area contributed by atoms with Crippen LogP contribution in [-0.2, 0) is 11.3 Å². The Morgan fingerprint density at radius 1 is 1.31 bits per heavy atom. The minimum atomic E-state index is -0.680. The van der Waals surface area contributed by atoms with Gasteiger partial charge < -0.3 is 26.2 Å². The first-order chi connectivity index (χ1) is 12.5. The highest BCUT2D eigenvalue weighted by Gasteiger charge is 2.21. The minimum Gasteiger partial charge on any atom is -0.354 e. The first-order valence-electron chi connectivity index (χ1n) is 9.22. The van der Waals surface area contributed by atoms with Gasteiger partial charge in [0.15, 0.2) is 0 Å². The number of unbranched alkanes of at least 4 members (excludes halogenated alkanes) is 1. The molecule has 1 atom stereocenters. The highest BCUT2D eigenvalue weighted by atomic mass is 16.2. The first-order valence-corrected chi connectivity index (χ1v) is 9.22. The number of aromatic nitrogens is 1. The van der Waals surface area contributed by atoms with E-state index < -0.39 is 12.1 Å². The molecule has 1 aromatic rings. The Hall–Kier alpha value is -2.35. The van der Waals surface area contributed by atoms with Crippen LogP contribution in [0.1, 0.15) is 31.7 Å². The fourth-order valence-corrected chi connectivity index (χ4v) is 3.03. The van der Waals surface area contributed by atoms with Crippen LogP contribution >= 0.6 is 0 Å². The number of anilines is 1. The second-order valence-electron chi connectivity index (χ2n) is 6.70. The SMILES string of the molecule is CCCCC(NC(N)=O)C(=O)NCc1cccnc1N1CCN(C)CC1. The van der Waals surface area contributed by atoms with Gasteiger partial charge in [0.1, 0.15) is 11.9 Å². The second-order valence-corrected chi connectivity index (χ2v) is 6.70. The average molecular weight is 362 g/mol. The molecule has 0 aromatic carbocycles. The van der Waals surface area contributed by atoms with E-state index in [4.69, 9.17) is 5.73 Å². The molecular weight excluding hydrogens is 332 g/mol. The molecule has 2 rings (SSSR count). The van der Waals surface area contributed by atoms with Crippen LogP contribution in [0.3, 0.4) is 0 Å². The zero-order valence-corrected chi connectivity index (χ0v) is 15.7. The van der Waals surface area contributed by atoms with Crippen molar-refractivity contribution in [1.82, 2.24) is 20.5 Å². The van der Waals surface area contributed by atoms with Crippen molar-refractivity contribution in [1.29, 1.82) is 0 Å². The van der Waals surface area contributed by atoms with Crippen molar-refractivity contribution in [2.45, 2.75) is 38.8 Å². The van der Waals surface area contributed by atoms with E-state index in [0.717, 1.165) is 50.4 Å². The van der Waals surface area contributed by atoms with Gasteiger partial charge in [-0.05, 0) is 19.5 Å². The summed E-state index contributed by atoms with van der Waals surface area (Å²) in [5.74, 6) is 0.694. The maximum Gasteiger partial charge on any atom is 0.312 e. The molecule has 144 valence electrons. The number of piperazine rings is 1. The third-order valence-corrected chi connectivity index (χ3v) is 4.60. The highest BCUT2D eigenvalue weighted by Crippen LogP contribution is 2.18. The van der Waals surface area contributed by atoms with Crippen molar-refractivity contribution >= 4 is 17.8 Å². The fraction of sp³-hybridized carbons (Fsp3) is 0.611. The average Bonchev–Trinajstić information content (AvgIpc) is 2.64. The summed E-state index contributed by atoms with van der Waals surface area (Å²) >= 11 is 0. The lowest BCUT2D eigenvalue weighted by atomic mass is 10.1. The maximum atomic E-state index is 12.5. The van der Waals surface area contributed by atoms with Crippen LogP contribution < -0.4 is 21.3 Å². The van der Waals surface area contributed by atoms with Gasteiger partial charge in [0.25, 0.3) is 0 Å². The normalized spacial score (nSPS) is 16.2. The van der Waals surface area contributed by atoms with Crippen LogP contribution in [0.5, 0.6) is 0 Å². The van der Waals surface area contributed by atoms with E-state index >= 15 is 0 Å². The monoisotopic (exact) mass is 362 g/mol. The third kappa shape index (κ3) is 5.87. The molecule has 1 aliphatic heterocycles. The first kappa shape index (κ1) is 20.0. The zero-order valence-electron chi connectivity index (χ0n) is 15.7. The molecule has 1 aliphatic rings. The molecule has 8 nitrogen and oxygen atoms in total. The van der Waals surface area contributed by atoms with Crippen molar-refractivity contribution in [2.75, 3.05) is 38.1 Å². The molecular formula is C18H30N6O2. The highest BCUT2D eigenvalue weighted by molar-refractivity contribution is 5.86. The van der Waals surface area contributed by atoms with Crippen LogP contribution in [0, 0.1) is 0 Å². The second kappa shape index (κ2) is 9.96. The van der Waals surface area contributed by atoms with Crippen molar-refractivity contribution in [3.8, 4) is 0 Å². The Bertz CT molecular complexity index is 601. The van der Waals surface area contributed by atoms with E-state index in [0.29, 0.717) is 13.0 Å². The molecule has 3 amide bonds. The van der Waals surface area contributed by atoms with Crippen LogP contribution in [0.4, 0.5) is 10.6 Å². The summed E-state index contributed by atoms with van der Waals surface area (Å²) in [7, 11) is 2.11. The number of nitrogens with one attached hydrogen (secondary N) is 2. The number of nitrogens with two attached hydrogens (primary N) is 1. The van der Waals surface area contributed by atoms with Gasteiger partial charge in [0.05, 0.1) is 0 Å². The molecule has 4 N–H and O–H groups in total. The Morgan fingerprint density at radius 2 is 2.04 bits per heavy atom. The van der Waals surface area contributed by atoms with Crippen LogP contribution in [-0.4, -0.2) is 61.1 Å². The molecule has 0 aliphatic carbocycles. The lowest BCUT2D eigenvalue weighted by Gasteiger charge is -2.34. The summed E-state index contributed by atoms with van der Waals surface area (Å²) in [5, 5.41) is 5.44. The van der Waals surface area contributed by atoms with Gasteiger partial charge >= 0.3 is 6.03 Å². The summed E-state index contributed by atoms with van der Waals surface area (Å²) in [6, 6.07) is 2.57. The van der Waals surface area contributed by atoms with E-state index in [1.54, 1.807) is 6.20 Å². The van der Waals surface area contributed by atoms with Crippen LogP contribution in [0.2, 0.25) is 0 Å². The molecule has 1 unspecified atom stereocenters. The zero-order chi connectivity index (χ0) is 18.9. The number of nitrogens with zero attached hydrogens (tertiary/aromatic N) is 3. The molecule has 1 aromatic heterocycles. The van der Waals surface area contributed by atoms with Crippen molar-refractivity contribution in [3.63, 3.8) is 0 Å². The predicted octanol–water partition coefficient (Wildman–Crippen LogP) is 0.677. The molecule has 2 heterocycles. The van der Waals surface area contributed by atoms with Gasteiger partial charge in [-0.25, -0.2) is 9.78 Å². The molecule has 26 heavy (non-hydrogen) atoms. The minimum absolute atomic E-state index is 0.217. The van der Waals surface area contributed by atoms with Crippen LogP contribution in [0.25, 0.3) is 0 Å². The number of carbonyl (C=O) groups is 2. The van der Waals surface area contributed by atoms with E-state index in [2.05, 4.69) is 32.5 Å². The topological polar surface area (TPSA) is 104 Å². The van der Waals surface area contributed by atoms with Crippen molar-refractivity contribution in [3.05, 3.63) is 23.9 Å². The van der Waals surface area contributed by atoms with Gasteiger partial charge in [-0.3, -0.25) is 4.79 Å². The number of carbonyl (C=O) groups excluding carboxylic acids is 2. The Labute approximate surface area is 155 Å². The van der Waals surface area contributed by atoms with Gasteiger partial charge in [0, 0.05) is 44.5 Å². The van der Waals surface area contributed by atoms with E-state index in [-0.39, 0.29) is 5.91 Å². The quantitative estimate of drug-likeness (QED) is 0.631. The smallest absolute Gasteiger partial charge is 0.312 e. The molecule has 1 fully saturated rings. The largest absolute Gasteiger partial charge is 0.354 e. The fourth-order valence-electron chi connectivity index (χ4n) is 3.03. The number of pyridine rings is 1. The Morgan fingerprint density at radius 3 is 2.69 bits per heavy atom. The van der Waals surface area contributed by atoms with Gasteiger partial charge in [-0.15, -0.1) is 0 Å². The third-order valence-electron chi connectivity index (χ3n) is 4.60. The van der Waals surface area contributed by atoms with Gasteiger partial charge in [-0.2, -0.15) is 0 Å². The number of rotatable bonds is 8. The van der Waals surface area contributed by atoms with Gasteiger partial charge in [-0.1, -0.05) is 25.8 Å². The summed E-state index contributed by atoms with van der Waals surface area (Å²) in [5.41, 5.74) is 6.16. The number of urea groups is 1. The lowest BCUT2D eigenvalue weighted by molar-refractivity contribution is -0.123. The Balaban J connectivity index is 1.99. The summed E-state index contributed by atoms with van der Waals surface area (Å²) in [6.07, 6.45) is 4.14. The standard InChI is InChI=1S/C18H30N6O2/c1-3-4-7-15(22-18(19)26)17(25)21-13-14-6-5-8-20-16(14)24-11-9-23(2)10-12-24/h5-6,8,15H,3-4,7,9-13H2,1-2H3,(H,21,25)(H3,19,22,26). The predicted molar refractivity (Wildman–Crippen MR) is 102 cm³/mol. The molecule has 1 saturated heterocycles. The summed E-state index contributed by atoms with van der Waals surface area (Å²) in [6.45, 7) is 6.22. The van der Waals surface area contributed by atoms with Crippen molar-refractivity contribution < 1.29 is 9.59 Å². The summed E-state index contributed by atoms with van der Waals surface area (Å²) in [4.78, 5) is 32.7. The number of amides is 3. The van der Waals surface area contributed by atoms with Gasteiger partial charge in [0.2, 0.25) is 5.91 Å². The Kier molecular flexibility index (Phi) is 7.65. The number of likely N-dealkylation sites (N-methyl/N-ethyl adjacent to an activating group) is 1. The van der Waals surface area contributed by atoms with Crippen molar-refractivity contribution in [2.24, 2.45) is 5.73 Å². The lowest BCUT2D eigenvalue weighted by Crippen LogP contribution is -2.48. The molecule has 0 radical (unpaired) electrons.